The molecule has 3 aromatic carbocycles. The Morgan fingerprint density at radius 2 is 1.67 bits per heavy atom. The van der Waals surface area contributed by atoms with Crippen LogP contribution < -0.4 is 14.5 Å². The van der Waals surface area contributed by atoms with Crippen LogP contribution in [0.3, 0.4) is 0 Å². The van der Waals surface area contributed by atoms with E-state index in [1.165, 1.54) is 0 Å². The van der Waals surface area contributed by atoms with E-state index in [1.807, 2.05) is 72.1 Å². The smallest absolute Gasteiger partial charge is 0.264 e. The van der Waals surface area contributed by atoms with Crippen LogP contribution in [-0.2, 0) is 16.4 Å². The second kappa shape index (κ2) is 9.55. The van der Waals surface area contributed by atoms with Gasteiger partial charge in [-0.2, -0.15) is 0 Å². The van der Waals surface area contributed by atoms with Crippen molar-refractivity contribution in [1.29, 1.82) is 0 Å². The number of benzene rings is 3. The van der Waals surface area contributed by atoms with Crippen LogP contribution in [0.1, 0.15) is 5.56 Å². The van der Waals surface area contributed by atoms with Crippen molar-refractivity contribution in [2.24, 2.45) is 0 Å². The number of piperazine rings is 1. The third kappa shape index (κ3) is 4.62. The number of nitrogens with one attached hydrogen (secondary N) is 1. The molecule has 0 amide bonds. The van der Waals surface area contributed by atoms with Gasteiger partial charge >= 0.3 is 0 Å². The van der Waals surface area contributed by atoms with Crippen LogP contribution in [0.15, 0.2) is 89.1 Å². The fourth-order valence-corrected chi connectivity index (χ4v) is 6.61. The lowest BCUT2D eigenvalue weighted by molar-refractivity contribution is 0.585. The summed E-state index contributed by atoms with van der Waals surface area (Å²) in [5, 5.41) is 6.33. The highest BCUT2D eigenvalue weighted by molar-refractivity contribution is 7.92. The predicted octanol–water partition coefficient (Wildman–Crippen LogP) is 4.75. The lowest BCUT2D eigenvalue weighted by atomic mass is 10.1. The molecule has 2 heterocycles. The molecule has 0 bridgehead atoms. The topological polar surface area (TPSA) is 52.7 Å². The Kier molecular flexibility index (Phi) is 6.35. The van der Waals surface area contributed by atoms with Gasteiger partial charge in [0.2, 0.25) is 0 Å². The minimum absolute atomic E-state index is 0.330. The Morgan fingerprint density at radius 1 is 0.909 bits per heavy atom. The first-order chi connectivity index (χ1) is 16.1. The molecule has 1 fully saturated rings. The Morgan fingerprint density at radius 3 is 2.48 bits per heavy atom. The van der Waals surface area contributed by atoms with Gasteiger partial charge in [0.1, 0.15) is 0 Å². The molecule has 0 radical (unpaired) electrons. The predicted molar refractivity (Wildman–Crippen MR) is 138 cm³/mol. The summed E-state index contributed by atoms with van der Waals surface area (Å²) in [6, 6.07) is 25.3. The molecule has 170 valence electrons. The van der Waals surface area contributed by atoms with E-state index in [0.717, 1.165) is 53.2 Å². The van der Waals surface area contributed by atoms with Crippen LogP contribution >= 0.6 is 11.3 Å². The van der Waals surface area contributed by atoms with Gasteiger partial charge < -0.3 is 10.2 Å². The quantitative estimate of drug-likeness (QED) is 0.417. The van der Waals surface area contributed by atoms with Gasteiger partial charge in [-0.15, -0.1) is 11.3 Å². The second-order valence-electron chi connectivity index (χ2n) is 8.16. The van der Waals surface area contributed by atoms with Crippen molar-refractivity contribution in [3.05, 3.63) is 89.8 Å². The number of rotatable bonds is 7. The maximum absolute atomic E-state index is 14.1. The van der Waals surface area contributed by atoms with Crippen molar-refractivity contribution in [2.45, 2.75) is 11.3 Å². The third-order valence-electron chi connectivity index (χ3n) is 6.07. The van der Waals surface area contributed by atoms with Gasteiger partial charge in [-0.1, -0.05) is 42.5 Å². The van der Waals surface area contributed by atoms with Crippen molar-refractivity contribution in [3.63, 3.8) is 0 Å². The van der Waals surface area contributed by atoms with E-state index < -0.39 is 10.0 Å². The number of hydrogen-bond acceptors (Lipinski definition) is 5. The fourth-order valence-electron chi connectivity index (χ4n) is 4.33. The lowest BCUT2D eigenvalue weighted by Crippen LogP contribution is -2.44. The van der Waals surface area contributed by atoms with Crippen molar-refractivity contribution in [2.75, 3.05) is 41.9 Å². The number of anilines is 2. The highest BCUT2D eigenvalue weighted by Gasteiger charge is 2.28. The molecule has 1 aliphatic heterocycles. The molecular weight excluding hydrogens is 450 g/mol. The molecule has 7 heteroatoms. The summed E-state index contributed by atoms with van der Waals surface area (Å²) in [6.45, 7) is 3.85. The van der Waals surface area contributed by atoms with Gasteiger partial charge in [0.25, 0.3) is 10.0 Å². The monoisotopic (exact) mass is 477 g/mol. The Bertz CT molecular complexity index is 1330. The Balaban J connectivity index is 1.57. The molecule has 1 aliphatic rings. The van der Waals surface area contributed by atoms with Crippen molar-refractivity contribution in [1.82, 2.24) is 5.32 Å². The van der Waals surface area contributed by atoms with Crippen molar-refractivity contribution >= 4 is 42.8 Å². The molecule has 0 unspecified atom stereocenters. The molecule has 0 aliphatic carbocycles. The third-order valence-corrected chi connectivity index (χ3v) is 8.77. The second-order valence-corrected chi connectivity index (χ2v) is 11.0. The van der Waals surface area contributed by atoms with Crippen LogP contribution in [0, 0.1) is 0 Å². The van der Waals surface area contributed by atoms with Gasteiger partial charge in [0.05, 0.1) is 16.3 Å². The average Bonchev–Trinajstić information content (AvgIpc) is 3.34. The number of hydrogen-bond donors (Lipinski definition) is 1. The van der Waals surface area contributed by atoms with E-state index >= 15 is 0 Å². The number of sulfonamides is 1. The zero-order valence-corrected chi connectivity index (χ0v) is 20.0. The minimum Gasteiger partial charge on any atom is -0.367 e. The largest absolute Gasteiger partial charge is 0.367 e. The first-order valence-corrected chi connectivity index (χ1v) is 13.5. The Labute approximate surface area is 199 Å². The summed E-state index contributed by atoms with van der Waals surface area (Å²) >= 11 is 1.62. The van der Waals surface area contributed by atoms with Gasteiger partial charge in [-0.25, -0.2) is 8.42 Å². The molecular formula is C26H27N3O2S2. The van der Waals surface area contributed by atoms with Crippen LogP contribution in [0.2, 0.25) is 0 Å². The number of fused-ring (bicyclic) bond motifs is 1. The Hall–Kier alpha value is -2.87. The maximum atomic E-state index is 14.1. The molecule has 4 aromatic rings. The summed E-state index contributed by atoms with van der Waals surface area (Å²) in [6.07, 6.45) is 0.636. The molecule has 1 aromatic heterocycles. The zero-order chi connectivity index (χ0) is 22.7. The van der Waals surface area contributed by atoms with Gasteiger partial charge in [-0.3, -0.25) is 4.31 Å². The SMILES string of the molecule is O=S(=O)(c1ccc2sccc2c1)N(CCc1ccccc1)c1ccccc1N1CCNCC1. The standard InChI is InChI=1S/C26H27N3O2S2/c30-33(31,23-10-11-26-22(20-23)13-19-32-26)29(16-12-21-6-2-1-3-7-21)25-9-5-4-8-24(25)28-17-14-27-15-18-28/h1-11,13,19-20,27H,12,14-18H2. The van der Waals surface area contributed by atoms with E-state index in [-0.39, 0.29) is 0 Å². The van der Waals surface area contributed by atoms with Crippen LogP contribution in [0.4, 0.5) is 11.4 Å². The van der Waals surface area contributed by atoms with Crippen molar-refractivity contribution in [3.8, 4) is 0 Å². The maximum Gasteiger partial charge on any atom is 0.264 e. The fraction of sp³-hybridized carbons (Fsp3) is 0.231. The highest BCUT2D eigenvalue weighted by atomic mass is 32.2. The molecule has 0 atom stereocenters. The number of thiophene rings is 1. The summed E-state index contributed by atoms with van der Waals surface area (Å²) < 4.78 is 30.8. The lowest BCUT2D eigenvalue weighted by Gasteiger charge is -2.34. The van der Waals surface area contributed by atoms with Gasteiger partial charge in [0.15, 0.2) is 0 Å². The summed E-state index contributed by atoms with van der Waals surface area (Å²) in [4.78, 5) is 2.61. The molecule has 1 saturated heterocycles. The number of para-hydroxylation sites is 2. The van der Waals surface area contributed by atoms with Gasteiger partial charge in [-0.05, 0) is 59.1 Å². The normalized spacial score (nSPS) is 14.5. The number of nitrogens with zero attached hydrogens (tertiary/aromatic N) is 2. The summed E-state index contributed by atoms with van der Waals surface area (Å²) in [5.41, 5.74) is 2.82. The molecule has 5 rings (SSSR count). The first-order valence-electron chi connectivity index (χ1n) is 11.2. The van der Waals surface area contributed by atoms with Crippen LogP contribution in [0.25, 0.3) is 10.1 Å². The van der Waals surface area contributed by atoms with E-state index in [4.69, 9.17) is 0 Å². The van der Waals surface area contributed by atoms with E-state index in [9.17, 15) is 8.42 Å². The molecule has 0 spiro atoms. The van der Waals surface area contributed by atoms with Crippen LogP contribution in [-0.4, -0.2) is 41.1 Å². The van der Waals surface area contributed by atoms with E-state index in [0.29, 0.717) is 17.9 Å². The molecule has 0 saturated carbocycles. The molecule has 5 nitrogen and oxygen atoms in total. The molecule has 1 N–H and O–H groups in total. The summed E-state index contributed by atoms with van der Waals surface area (Å²) in [7, 11) is -3.76. The first kappa shape index (κ1) is 21.9. The van der Waals surface area contributed by atoms with E-state index in [1.54, 1.807) is 27.8 Å². The van der Waals surface area contributed by atoms with E-state index in [2.05, 4.69) is 10.2 Å². The average molecular weight is 478 g/mol. The minimum atomic E-state index is -3.76. The van der Waals surface area contributed by atoms with Crippen molar-refractivity contribution < 1.29 is 8.42 Å². The zero-order valence-electron chi connectivity index (χ0n) is 18.4. The molecule has 33 heavy (non-hydrogen) atoms. The van der Waals surface area contributed by atoms with Gasteiger partial charge in [0, 0.05) is 37.4 Å². The summed E-state index contributed by atoms with van der Waals surface area (Å²) in [5.74, 6) is 0. The van der Waals surface area contributed by atoms with Crippen LogP contribution in [0.5, 0.6) is 0 Å². The highest BCUT2D eigenvalue weighted by Crippen LogP contribution is 2.35.